The van der Waals surface area contributed by atoms with E-state index in [9.17, 15) is 0 Å². The van der Waals surface area contributed by atoms with Crippen LogP contribution in [0.15, 0.2) is 65.2 Å². The molecule has 5 nitrogen and oxygen atoms in total. The van der Waals surface area contributed by atoms with Crippen molar-refractivity contribution in [3.8, 4) is 0 Å². The molecule has 1 fully saturated rings. The Morgan fingerprint density at radius 3 is 2.41 bits per heavy atom. The molecule has 1 aromatic heterocycles. The summed E-state index contributed by atoms with van der Waals surface area (Å²) in [5.41, 5.74) is 8.58. The molecule has 2 N–H and O–H groups in total. The van der Waals surface area contributed by atoms with Gasteiger partial charge in [-0.1, -0.05) is 65.8 Å². The highest BCUT2D eigenvalue weighted by Crippen LogP contribution is 2.32. The number of rotatable bonds is 6. The lowest BCUT2D eigenvalue weighted by Crippen LogP contribution is -2.23. The minimum Gasteiger partial charge on any atom is -0.338 e. The molecule has 0 saturated carbocycles. The lowest BCUT2D eigenvalue weighted by Gasteiger charge is -2.16. The second-order valence-corrected chi connectivity index (χ2v) is 6.97. The van der Waals surface area contributed by atoms with Crippen LogP contribution in [0.5, 0.6) is 0 Å². The van der Waals surface area contributed by atoms with E-state index >= 15 is 0 Å². The Morgan fingerprint density at radius 2 is 1.70 bits per heavy atom. The van der Waals surface area contributed by atoms with Crippen LogP contribution in [-0.2, 0) is 13.0 Å². The van der Waals surface area contributed by atoms with Gasteiger partial charge >= 0.3 is 0 Å². The molecule has 2 aromatic carbocycles. The molecule has 0 amide bonds. The van der Waals surface area contributed by atoms with Crippen LogP contribution in [0.25, 0.3) is 0 Å². The van der Waals surface area contributed by atoms with Gasteiger partial charge in [-0.15, -0.1) is 12.4 Å². The van der Waals surface area contributed by atoms with Crippen molar-refractivity contribution >= 4 is 12.4 Å². The Labute approximate surface area is 166 Å². The van der Waals surface area contributed by atoms with Crippen molar-refractivity contribution < 1.29 is 4.52 Å². The number of benzene rings is 2. The Morgan fingerprint density at radius 1 is 1.00 bits per heavy atom. The first-order valence-corrected chi connectivity index (χ1v) is 9.14. The Bertz CT molecular complexity index is 824. The van der Waals surface area contributed by atoms with Crippen molar-refractivity contribution in [3.05, 3.63) is 83.5 Å². The first-order valence-electron chi connectivity index (χ1n) is 9.14. The van der Waals surface area contributed by atoms with Gasteiger partial charge in [0.15, 0.2) is 5.82 Å². The minimum atomic E-state index is 0. The van der Waals surface area contributed by atoms with Crippen molar-refractivity contribution in [3.63, 3.8) is 0 Å². The van der Waals surface area contributed by atoms with E-state index in [-0.39, 0.29) is 12.4 Å². The Balaban J connectivity index is 0.00000210. The first-order chi connectivity index (χ1) is 12.8. The summed E-state index contributed by atoms with van der Waals surface area (Å²) in [6.45, 7) is 3.31. The van der Waals surface area contributed by atoms with E-state index in [0.29, 0.717) is 37.2 Å². The number of nitrogens with zero attached hydrogens (tertiary/aromatic N) is 3. The summed E-state index contributed by atoms with van der Waals surface area (Å²) in [7, 11) is 0. The van der Waals surface area contributed by atoms with Gasteiger partial charge in [0.1, 0.15) is 0 Å². The zero-order valence-corrected chi connectivity index (χ0v) is 16.0. The van der Waals surface area contributed by atoms with Gasteiger partial charge in [-0.3, -0.25) is 4.90 Å². The van der Waals surface area contributed by atoms with E-state index in [0.717, 1.165) is 18.9 Å². The second-order valence-electron chi connectivity index (χ2n) is 6.97. The fourth-order valence-electron chi connectivity index (χ4n) is 3.80. The van der Waals surface area contributed by atoms with Gasteiger partial charge in [-0.05, 0) is 23.6 Å². The molecule has 27 heavy (non-hydrogen) atoms. The van der Waals surface area contributed by atoms with Crippen molar-refractivity contribution in [1.29, 1.82) is 0 Å². The molecule has 1 aliphatic rings. The van der Waals surface area contributed by atoms with Crippen LogP contribution in [-0.4, -0.2) is 34.7 Å². The van der Waals surface area contributed by atoms with Crippen molar-refractivity contribution in [1.82, 2.24) is 15.0 Å². The summed E-state index contributed by atoms with van der Waals surface area (Å²) in [5, 5.41) is 4.13. The maximum Gasteiger partial charge on any atom is 0.240 e. The molecule has 142 valence electrons. The summed E-state index contributed by atoms with van der Waals surface area (Å²) in [6, 6.07) is 20.9. The van der Waals surface area contributed by atoms with E-state index in [1.54, 1.807) is 0 Å². The van der Waals surface area contributed by atoms with Crippen LogP contribution in [0.4, 0.5) is 0 Å². The van der Waals surface area contributed by atoms with Crippen molar-refractivity contribution in [2.75, 3.05) is 19.6 Å². The van der Waals surface area contributed by atoms with Crippen LogP contribution in [0.3, 0.4) is 0 Å². The average Bonchev–Trinajstić information content (AvgIpc) is 3.30. The molecule has 0 unspecified atom stereocenters. The van der Waals surface area contributed by atoms with Crippen molar-refractivity contribution in [2.45, 2.75) is 18.9 Å². The number of hydrogen-bond acceptors (Lipinski definition) is 5. The minimum absolute atomic E-state index is 0. The summed E-state index contributed by atoms with van der Waals surface area (Å²) in [5.74, 6) is 2.35. The highest BCUT2D eigenvalue weighted by Gasteiger charge is 2.33. The van der Waals surface area contributed by atoms with Gasteiger partial charge < -0.3 is 10.3 Å². The van der Waals surface area contributed by atoms with Crippen LogP contribution >= 0.6 is 12.4 Å². The lowest BCUT2D eigenvalue weighted by molar-refractivity contribution is 0.259. The van der Waals surface area contributed by atoms with E-state index in [1.165, 1.54) is 11.1 Å². The smallest absolute Gasteiger partial charge is 0.240 e. The molecule has 2 atom stereocenters. The summed E-state index contributed by atoms with van der Waals surface area (Å²) < 4.78 is 5.47. The SMILES string of the molecule is Cl.NC[C@@H]1CN(Cc2nc(Cc3ccccc3)no2)C[C@H]1c1ccccc1. The maximum absolute atomic E-state index is 6.03. The lowest BCUT2D eigenvalue weighted by atomic mass is 9.89. The summed E-state index contributed by atoms with van der Waals surface area (Å²) >= 11 is 0. The van der Waals surface area contributed by atoms with Crippen LogP contribution in [0.2, 0.25) is 0 Å². The van der Waals surface area contributed by atoms with E-state index in [1.807, 2.05) is 18.2 Å². The zero-order chi connectivity index (χ0) is 17.8. The number of halogens is 1. The Hall–Kier alpha value is -2.21. The molecule has 3 aromatic rings. The van der Waals surface area contributed by atoms with Gasteiger partial charge in [-0.25, -0.2) is 0 Å². The number of nitrogens with two attached hydrogens (primary N) is 1. The molecule has 4 rings (SSSR count). The normalized spacial score (nSPS) is 19.7. The fraction of sp³-hybridized carbons (Fsp3) is 0.333. The molecule has 0 radical (unpaired) electrons. The number of hydrogen-bond donors (Lipinski definition) is 1. The summed E-state index contributed by atoms with van der Waals surface area (Å²) in [4.78, 5) is 6.94. The van der Waals surface area contributed by atoms with E-state index in [2.05, 4.69) is 57.5 Å². The third-order valence-electron chi connectivity index (χ3n) is 5.12. The molecular weight excluding hydrogens is 360 g/mol. The van der Waals surface area contributed by atoms with Gasteiger partial charge in [-0.2, -0.15) is 4.98 Å². The maximum atomic E-state index is 6.03. The highest BCUT2D eigenvalue weighted by molar-refractivity contribution is 5.85. The van der Waals surface area contributed by atoms with Gasteiger partial charge in [0.25, 0.3) is 0 Å². The van der Waals surface area contributed by atoms with E-state index in [4.69, 9.17) is 10.3 Å². The van der Waals surface area contributed by atoms with Crippen LogP contribution in [0, 0.1) is 5.92 Å². The van der Waals surface area contributed by atoms with Gasteiger partial charge in [0.05, 0.1) is 6.54 Å². The van der Waals surface area contributed by atoms with Gasteiger partial charge in [0, 0.05) is 25.4 Å². The largest absolute Gasteiger partial charge is 0.338 e. The van der Waals surface area contributed by atoms with Crippen LogP contribution < -0.4 is 5.73 Å². The topological polar surface area (TPSA) is 68.2 Å². The molecule has 2 heterocycles. The number of likely N-dealkylation sites (tertiary alicyclic amines) is 1. The molecule has 1 saturated heterocycles. The van der Waals surface area contributed by atoms with Crippen molar-refractivity contribution in [2.24, 2.45) is 11.7 Å². The third kappa shape index (κ3) is 4.75. The predicted octanol–water partition coefficient (Wildman–Crippen LogP) is 3.26. The molecule has 6 heteroatoms. The molecule has 0 spiro atoms. The standard InChI is InChI=1S/C21H24N4O.ClH/c22-12-18-13-25(14-19(18)17-9-5-2-6-10-17)15-21-23-20(24-26-21)11-16-7-3-1-4-8-16;/h1-10,18-19H,11-15,22H2;1H/t18-,19+;/m1./s1. The third-order valence-corrected chi connectivity index (χ3v) is 5.12. The molecule has 0 aliphatic carbocycles. The second kappa shape index (κ2) is 9.13. The first kappa shape index (κ1) is 19.5. The highest BCUT2D eigenvalue weighted by atomic mass is 35.5. The number of aromatic nitrogens is 2. The molecule has 0 bridgehead atoms. The predicted molar refractivity (Wildman–Crippen MR) is 108 cm³/mol. The molecule has 1 aliphatic heterocycles. The molecular formula is C21H25ClN4O. The summed E-state index contributed by atoms with van der Waals surface area (Å²) in [6.07, 6.45) is 0.697. The Kier molecular flexibility index (Phi) is 6.61. The van der Waals surface area contributed by atoms with Crippen LogP contribution in [0.1, 0.15) is 28.8 Å². The average molecular weight is 385 g/mol. The van der Waals surface area contributed by atoms with E-state index < -0.39 is 0 Å². The monoisotopic (exact) mass is 384 g/mol. The zero-order valence-electron chi connectivity index (χ0n) is 15.2. The quantitative estimate of drug-likeness (QED) is 0.706. The fourth-order valence-corrected chi connectivity index (χ4v) is 3.80. The van der Waals surface area contributed by atoms with Gasteiger partial charge in [0.2, 0.25) is 5.89 Å².